The van der Waals surface area contributed by atoms with Gasteiger partial charge in [-0.2, -0.15) is 0 Å². The zero-order chi connectivity index (χ0) is 13.1. The molecule has 5 heteroatoms. The van der Waals surface area contributed by atoms with Crippen molar-refractivity contribution in [3.63, 3.8) is 0 Å². The quantitative estimate of drug-likeness (QED) is 0.902. The van der Waals surface area contributed by atoms with E-state index in [2.05, 4.69) is 0 Å². The summed E-state index contributed by atoms with van der Waals surface area (Å²) in [6.07, 6.45) is 0.259. The number of nitrogens with zero attached hydrogens (tertiary/aromatic N) is 1. The number of aliphatic carboxylic acids is 1. The molecular weight excluding hydrogens is 250 g/mol. The maximum atomic E-state index is 12.2. The number of hydrogen-bond acceptors (Lipinski definition) is 3. The van der Waals surface area contributed by atoms with E-state index < -0.39 is 12.0 Å². The molecule has 1 aromatic carbocycles. The molecule has 0 bridgehead atoms. The Bertz CT molecular complexity index is 449. The van der Waals surface area contributed by atoms with Gasteiger partial charge in [-0.05, 0) is 12.5 Å². The summed E-state index contributed by atoms with van der Waals surface area (Å²) >= 11 is 1.50. The lowest BCUT2D eigenvalue weighted by Crippen LogP contribution is -2.45. The van der Waals surface area contributed by atoms with Gasteiger partial charge in [0, 0.05) is 5.75 Å². The highest BCUT2D eigenvalue weighted by atomic mass is 32.2. The highest BCUT2D eigenvalue weighted by Crippen LogP contribution is 2.29. The Labute approximate surface area is 110 Å². The molecule has 0 aromatic heterocycles. The van der Waals surface area contributed by atoms with Crippen LogP contribution in [0.1, 0.15) is 12.5 Å². The van der Waals surface area contributed by atoms with Gasteiger partial charge in [0.1, 0.15) is 6.04 Å². The lowest BCUT2D eigenvalue weighted by molar-refractivity contribution is -0.148. The molecule has 2 atom stereocenters. The van der Waals surface area contributed by atoms with Gasteiger partial charge in [-0.25, -0.2) is 4.79 Å². The highest BCUT2D eigenvalue weighted by Gasteiger charge is 2.39. The lowest BCUT2D eigenvalue weighted by atomic mass is 10.1. The average Bonchev–Trinajstić information content (AvgIpc) is 2.72. The summed E-state index contributed by atoms with van der Waals surface area (Å²) < 4.78 is 0. The third-order valence-electron chi connectivity index (χ3n) is 2.99. The van der Waals surface area contributed by atoms with Gasteiger partial charge in [0.2, 0.25) is 5.91 Å². The number of carboxylic acids is 1. The number of hydrogen-bond donors (Lipinski definition) is 1. The normalized spacial score (nSPS) is 23.1. The van der Waals surface area contributed by atoms with Crippen molar-refractivity contribution in [3.8, 4) is 0 Å². The van der Waals surface area contributed by atoms with Gasteiger partial charge in [-0.3, -0.25) is 4.79 Å². The Morgan fingerprint density at radius 1 is 1.39 bits per heavy atom. The maximum absolute atomic E-state index is 12.2. The molecule has 2 rings (SSSR count). The van der Waals surface area contributed by atoms with Crippen LogP contribution in [0.4, 0.5) is 0 Å². The van der Waals surface area contributed by atoms with Crippen LogP contribution in [0, 0.1) is 0 Å². The summed E-state index contributed by atoms with van der Waals surface area (Å²) in [6.45, 7) is 1.87. The van der Waals surface area contributed by atoms with Crippen LogP contribution in [-0.4, -0.2) is 39.1 Å². The van der Waals surface area contributed by atoms with Gasteiger partial charge in [0.15, 0.2) is 0 Å². The third kappa shape index (κ3) is 2.67. The Kier molecular flexibility index (Phi) is 3.91. The summed E-state index contributed by atoms with van der Waals surface area (Å²) in [5.74, 6) is -0.573. The monoisotopic (exact) mass is 265 g/mol. The topological polar surface area (TPSA) is 57.6 Å². The van der Waals surface area contributed by atoms with E-state index in [0.717, 1.165) is 5.56 Å². The van der Waals surface area contributed by atoms with Crippen LogP contribution in [0.2, 0.25) is 0 Å². The van der Waals surface area contributed by atoms with Crippen LogP contribution < -0.4 is 0 Å². The number of carbonyl (C=O) groups is 2. The Balaban J connectivity index is 2.10. The summed E-state index contributed by atoms with van der Waals surface area (Å²) in [6, 6.07) is 8.70. The minimum absolute atomic E-state index is 0.0673. The standard InChI is InChI=1S/C13H15NO3S/c1-9-14(11(8-18-9)13(16)17)12(15)7-10-5-3-2-4-6-10/h2-6,9,11H,7-8H2,1H3,(H,16,17). The zero-order valence-corrected chi connectivity index (χ0v) is 10.9. The molecule has 1 aromatic rings. The van der Waals surface area contributed by atoms with Crippen LogP contribution in [-0.2, 0) is 16.0 Å². The third-order valence-corrected chi connectivity index (χ3v) is 4.21. The molecule has 18 heavy (non-hydrogen) atoms. The van der Waals surface area contributed by atoms with Gasteiger partial charge in [0.25, 0.3) is 0 Å². The van der Waals surface area contributed by atoms with Gasteiger partial charge in [0.05, 0.1) is 11.8 Å². The molecule has 96 valence electrons. The molecule has 4 nitrogen and oxygen atoms in total. The Morgan fingerprint density at radius 2 is 2.06 bits per heavy atom. The molecule has 1 saturated heterocycles. The second-order valence-electron chi connectivity index (χ2n) is 4.25. The van der Waals surface area contributed by atoms with Crippen molar-refractivity contribution >= 4 is 23.6 Å². The number of carboxylic acid groups (broad SMARTS) is 1. The number of amides is 1. The largest absolute Gasteiger partial charge is 0.480 e. The predicted octanol–water partition coefficient (Wildman–Crippen LogP) is 1.60. The van der Waals surface area contributed by atoms with E-state index in [1.54, 1.807) is 0 Å². The van der Waals surface area contributed by atoms with Gasteiger partial charge >= 0.3 is 5.97 Å². The van der Waals surface area contributed by atoms with Gasteiger partial charge < -0.3 is 10.0 Å². The van der Waals surface area contributed by atoms with Crippen molar-refractivity contribution in [2.75, 3.05) is 5.75 Å². The molecule has 1 N–H and O–H groups in total. The molecular formula is C13H15NO3S. The summed E-state index contributed by atoms with van der Waals surface area (Å²) in [4.78, 5) is 24.8. The first-order chi connectivity index (χ1) is 8.59. The van der Waals surface area contributed by atoms with E-state index in [1.807, 2.05) is 37.3 Å². The van der Waals surface area contributed by atoms with E-state index in [1.165, 1.54) is 16.7 Å². The van der Waals surface area contributed by atoms with E-state index in [4.69, 9.17) is 5.11 Å². The second kappa shape index (κ2) is 5.44. The zero-order valence-electron chi connectivity index (χ0n) is 10.1. The first-order valence-electron chi connectivity index (χ1n) is 5.79. The fourth-order valence-electron chi connectivity index (χ4n) is 2.07. The van der Waals surface area contributed by atoms with Gasteiger partial charge in [-0.15, -0.1) is 11.8 Å². The first kappa shape index (κ1) is 13.0. The molecule has 1 aliphatic rings. The van der Waals surface area contributed by atoms with Crippen molar-refractivity contribution in [3.05, 3.63) is 35.9 Å². The molecule has 1 heterocycles. The van der Waals surface area contributed by atoms with E-state index in [0.29, 0.717) is 5.75 Å². The molecule has 0 aliphatic carbocycles. The lowest BCUT2D eigenvalue weighted by Gasteiger charge is -2.25. The van der Waals surface area contributed by atoms with Crippen LogP contribution in [0.3, 0.4) is 0 Å². The smallest absolute Gasteiger partial charge is 0.327 e. The number of thioether (sulfide) groups is 1. The molecule has 1 amide bonds. The number of rotatable bonds is 3. The van der Waals surface area contributed by atoms with Crippen molar-refractivity contribution in [1.29, 1.82) is 0 Å². The molecule has 0 spiro atoms. The predicted molar refractivity (Wildman–Crippen MR) is 70.3 cm³/mol. The van der Waals surface area contributed by atoms with E-state index in [9.17, 15) is 9.59 Å². The van der Waals surface area contributed by atoms with Crippen molar-refractivity contribution in [2.24, 2.45) is 0 Å². The van der Waals surface area contributed by atoms with E-state index in [-0.39, 0.29) is 17.7 Å². The van der Waals surface area contributed by atoms with Crippen molar-refractivity contribution in [1.82, 2.24) is 4.90 Å². The minimum Gasteiger partial charge on any atom is -0.480 e. The molecule has 0 saturated carbocycles. The molecule has 1 aliphatic heterocycles. The summed E-state index contributed by atoms with van der Waals surface area (Å²) in [5, 5.41) is 9.04. The molecule has 0 radical (unpaired) electrons. The number of benzene rings is 1. The van der Waals surface area contributed by atoms with Crippen molar-refractivity contribution in [2.45, 2.75) is 24.8 Å². The van der Waals surface area contributed by atoms with Gasteiger partial charge in [-0.1, -0.05) is 30.3 Å². The van der Waals surface area contributed by atoms with Crippen LogP contribution >= 0.6 is 11.8 Å². The van der Waals surface area contributed by atoms with Crippen LogP contribution in [0.5, 0.6) is 0 Å². The Morgan fingerprint density at radius 3 is 2.67 bits per heavy atom. The summed E-state index contributed by atoms with van der Waals surface area (Å²) in [7, 11) is 0. The van der Waals surface area contributed by atoms with Crippen molar-refractivity contribution < 1.29 is 14.7 Å². The fraction of sp³-hybridized carbons (Fsp3) is 0.385. The average molecular weight is 265 g/mol. The maximum Gasteiger partial charge on any atom is 0.327 e. The summed E-state index contributed by atoms with van der Waals surface area (Å²) in [5.41, 5.74) is 0.913. The number of carbonyl (C=O) groups excluding carboxylic acids is 1. The van der Waals surface area contributed by atoms with E-state index >= 15 is 0 Å². The van der Waals surface area contributed by atoms with Crippen LogP contribution in [0.15, 0.2) is 30.3 Å². The minimum atomic E-state index is -0.923. The highest BCUT2D eigenvalue weighted by molar-refractivity contribution is 8.00. The fourth-order valence-corrected chi connectivity index (χ4v) is 3.26. The molecule has 1 fully saturated rings. The SMILES string of the molecule is CC1SCC(C(=O)O)N1C(=O)Cc1ccccc1. The Hall–Kier alpha value is -1.49. The molecule has 2 unspecified atom stereocenters. The second-order valence-corrected chi connectivity index (χ2v) is 5.60. The first-order valence-corrected chi connectivity index (χ1v) is 6.84. The van der Waals surface area contributed by atoms with Crippen LogP contribution in [0.25, 0.3) is 0 Å².